The zero-order valence-corrected chi connectivity index (χ0v) is 70.7. The average molecular weight is 1480 g/mol. The highest BCUT2D eigenvalue weighted by Crippen LogP contribution is 2.56. The fraction of sp³-hybridized carbons (Fsp3) is 0.278. The van der Waals surface area contributed by atoms with Gasteiger partial charge < -0.3 is 18.9 Å². The first-order valence-electron chi connectivity index (χ1n) is 41.2. The number of aromatic nitrogens is 2. The lowest BCUT2D eigenvalue weighted by Crippen LogP contribution is -2.61. The van der Waals surface area contributed by atoms with E-state index in [-0.39, 0.29) is 44.6 Å². The van der Waals surface area contributed by atoms with Crippen molar-refractivity contribution >= 4 is 101 Å². The minimum atomic E-state index is -0.341. The van der Waals surface area contributed by atoms with E-state index in [1.165, 1.54) is 155 Å². The number of hydrogen-bond donors (Lipinski definition) is 0. The fourth-order valence-corrected chi connectivity index (χ4v) is 18.3. The molecule has 0 unspecified atom stereocenters. The molecule has 4 nitrogen and oxygen atoms in total. The maximum atomic E-state index is 2.77. The molecule has 0 fully saturated rings. The third-order valence-electron chi connectivity index (χ3n) is 24.0. The fourth-order valence-electron chi connectivity index (χ4n) is 18.3. The van der Waals surface area contributed by atoms with Gasteiger partial charge in [0.15, 0.2) is 0 Å². The Labute approximate surface area is 673 Å². The van der Waals surface area contributed by atoms with Gasteiger partial charge in [-0.25, -0.2) is 0 Å². The number of fused-ring (bicyclic) bond motifs is 10. The van der Waals surface area contributed by atoms with Gasteiger partial charge in [-0.3, -0.25) is 0 Å². The summed E-state index contributed by atoms with van der Waals surface area (Å²) in [6.45, 7) is 49.4. The molecular formula is C108H111BN4. The quantitative estimate of drug-likeness (QED) is 0.127. The van der Waals surface area contributed by atoms with Crippen molar-refractivity contribution in [3.63, 3.8) is 0 Å². The Morgan fingerprint density at radius 2 is 0.513 bits per heavy atom. The summed E-state index contributed by atoms with van der Waals surface area (Å²) in [6.07, 6.45) is 1.79. The third kappa shape index (κ3) is 13.5. The lowest BCUT2D eigenvalue weighted by Gasteiger charge is -2.46. The molecule has 15 aromatic rings. The molecule has 0 spiro atoms. The first-order chi connectivity index (χ1) is 53.4. The Kier molecular flexibility index (Phi) is 17.8. The second kappa shape index (κ2) is 26.9. The summed E-state index contributed by atoms with van der Waals surface area (Å²) < 4.78 is 5.17. The number of hydrogen-bond acceptors (Lipinski definition) is 2. The van der Waals surface area contributed by atoms with E-state index in [4.69, 9.17) is 0 Å². The number of nitrogens with zero attached hydrogens (tertiary/aromatic N) is 4. The summed E-state index contributed by atoms with van der Waals surface area (Å²) in [5.41, 5.74) is 35.7. The largest absolute Gasteiger partial charge is 0.310 e. The molecule has 13 aromatic carbocycles. The Morgan fingerprint density at radius 3 is 0.761 bits per heavy atom. The molecule has 4 heterocycles. The van der Waals surface area contributed by atoms with Gasteiger partial charge in [-0.15, -0.1) is 0 Å². The molecule has 0 saturated carbocycles. The molecule has 5 heteroatoms. The van der Waals surface area contributed by atoms with Crippen LogP contribution in [-0.4, -0.2) is 15.8 Å². The summed E-state index contributed by atoms with van der Waals surface area (Å²) in [5.74, 6) is 0. The maximum absolute atomic E-state index is 2.77. The Hall–Kier alpha value is -10.9. The van der Waals surface area contributed by atoms with Gasteiger partial charge in [0.25, 0.3) is 6.71 Å². The highest BCUT2D eigenvalue weighted by Gasteiger charge is 2.47. The molecule has 0 radical (unpaired) electrons. The highest BCUT2D eigenvalue weighted by atomic mass is 15.2. The summed E-state index contributed by atoms with van der Waals surface area (Å²) in [4.78, 5) is 5.54. The number of benzene rings is 13. The Balaban J connectivity index is 1.07. The molecule has 0 saturated heterocycles. The van der Waals surface area contributed by atoms with E-state index in [0.717, 1.165) is 47.0 Å². The smallest absolute Gasteiger partial charge is 0.252 e. The first kappa shape index (κ1) is 74.8. The van der Waals surface area contributed by atoms with Crippen LogP contribution < -0.4 is 26.2 Å². The topological polar surface area (TPSA) is 16.3 Å². The van der Waals surface area contributed by atoms with Crippen molar-refractivity contribution in [1.29, 1.82) is 0 Å². The Morgan fingerprint density at radius 1 is 0.248 bits per heavy atom. The van der Waals surface area contributed by atoms with Gasteiger partial charge in [0.05, 0.1) is 33.4 Å². The molecule has 2 aliphatic rings. The Bertz CT molecular complexity index is 5620. The zero-order valence-electron chi connectivity index (χ0n) is 70.7. The summed E-state index contributed by atoms with van der Waals surface area (Å²) in [6, 6.07) is 105. The van der Waals surface area contributed by atoms with Crippen LogP contribution in [0.5, 0.6) is 0 Å². The summed E-state index contributed by atoms with van der Waals surface area (Å²) in [5, 5.41) is 5.08. The van der Waals surface area contributed by atoms with Crippen LogP contribution >= 0.6 is 0 Å². The maximum Gasteiger partial charge on any atom is 0.252 e. The van der Waals surface area contributed by atoms with Crippen molar-refractivity contribution in [1.82, 2.24) is 9.13 Å². The zero-order chi connectivity index (χ0) is 79.5. The standard InChI is InChI=1S/C108H111BN4/c1-102(2,3)66-68-54-81(70-34-26-22-27-35-70)100(82(55-68)71-36-28-23-29-37-71)112-95-64-79(110-91-50-42-74(104(7,8)9)58-85(91)86-59-75(105(10,11)12)43-51-92(86)110)46-48-89(95)109-90-49-47-80(111-93-52-44-76(106(13,14)15)60-87(93)88-61-77(107(16,17)18)45-53-94(88)111)65-96(90)113(98-63-78(108(19,20)21)62-97(112)99(98)109)101-83(72-38-30-24-31-39-72)56-69(67-103(4,5)6)57-84(101)73-40-32-25-33-41-73/h22-65H,66-67H2,1-21H3. The SMILES string of the molecule is CC(C)(C)Cc1cc(-c2ccccc2)c(N2c3cc(-n4c5ccc(C(C)(C)C)cc5c5cc(C(C)(C)C)ccc54)ccc3B3c4ccc(-n5c6ccc(C(C)(C)C)cc6c6cc(C(C)(C)C)ccc65)cc4N(c4c(-c5ccccc5)cc(CC(C)(C)C)cc4-c4ccccc4)c4cc(C(C)(C)C)cc2c43)c(-c2ccccc2)c1. The molecule has 17 rings (SSSR count). The first-order valence-corrected chi connectivity index (χ1v) is 41.2. The molecule has 2 aliphatic heterocycles. The second-order valence-electron chi connectivity index (χ2n) is 40.4. The van der Waals surface area contributed by atoms with Crippen molar-refractivity contribution in [3.8, 4) is 55.9 Å². The average Bonchev–Trinajstić information content (AvgIpc) is 1.09. The lowest BCUT2D eigenvalue weighted by molar-refractivity contribution is 0.411. The van der Waals surface area contributed by atoms with Crippen molar-refractivity contribution in [2.45, 2.75) is 185 Å². The van der Waals surface area contributed by atoms with Gasteiger partial charge in [0.2, 0.25) is 0 Å². The molecule has 0 amide bonds. The van der Waals surface area contributed by atoms with Gasteiger partial charge >= 0.3 is 0 Å². The molecule has 113 heavy (non-hydrogen) atoms. The van der Waals surface area contributed by atoms with E-state index in [9.17, 15) is 0 Å². The second-order valence-corrected chi connectivity index (χ2v) is 40.4. The lowest BCUT2D eigenvalue weighted by atomic mass is 9.33. The monoisotopic (exact) mass is 1470 g/mol. The van der Waals surface area contributed by atoms with E-state index >= 15 is 0 Å². The third-order valence-corrected chi connectivity index (χ3v) is 24.0. The molecule has 2 aromatic heterocycles. The van der Waals surface area contributed by atoms with Crippen LogP contribution in [0.1, 0.15) is 184 Å². The van der Waals surface area contributed by atoms with E-state index in [0.29, 0.717) is 0 Å². The molecule has 0 atom stereocenters. The molecule has 0 N–H and O–H groups in total. The van der Waals surface area contributed by atoms with Crippen LogP contribution in [0.25, 0.3) is 99.5 Å². The molecular weight excluding hydrogens is 1360 g/mol. The summed E-state index contributed by atoms with van der Waals surface area (Å²) in [7, 11) is 0. The highest BCUT2D eigenvalue weighted by molar-refractivity contribution is 7.00. The van der Waals surface area contributed by atoms with Gasteiger partial charge in [-0.2, -0.15) is 0 Å². The van der Waals surface area contributed by atoms with Gasteiger partial charge in [0, 0.05) is 77.9 Å². The van der Waals surface area contributed by atoms with Crippen molar-refractivity contribution in [3.05, 3.63) is 306 Å². The van der Waals surface area contributed by atoms with Crippen molar-refractivity contribution < 1.29 is 0 Å². The van der Waals surface area contributed by atoms with Crippen LogP contribution in [0.3, 0.4) is 0 Å². The molecule has 0 aliphatic carbocycles. The molecule has 0 bridgehead atoms. The minimum Gasteiger partial charge on any atom is -0.310 e. The van der Waals surface area contributed by atoms with Crippen LogP contribution in [0.2, 0.25) is 0 Å². The van der Waals surface area contributed by atoms with Gasteiger partial charge in [0.1, 0.15) is 0 Å². The normalized spacial score (nSPS) is 13.5. The van der Waals surface area contributed by atoms with Gasteiger partial charge in [-0.1, -0.05) is 303 Å². The molecule has 566 valence electrons. The number of rotatable bonds is 10. The predicted octanol–water partition coefficient (Wildman–Crippen LogP) is 28.3. The minimum absolute atomic E-state index is 0.00101. The van der Waals surface area contributed by atoms with Crippen LogP contribution in [-0.2, 0) is 39.9 Å². The van der Waals surface area contributed by atoms with Crippen LogP contribution in [0.15, 0.2) is 267 Å². The van der Waals surface area contributed by atoms with Crippen LogP contribution in [0, 0.1) is 10.8 Å². The van der Waals surface area contributed by atoms with E-state index in [2.05, 4.69) is 431 Å². The van der Waals surface area contributed by atoms with Crippen molar-refractivity contribution in [2.75, 3.05) is 9.80 Å². The van der Waals surface area contributed by atoms with E-state index < -0.39 is 0 Å². The van der Waals surface area contributed by atoms with Gasteiger partial charge in [-0.05, 0) is 238 Å². The predicted molar refractivity (Wildman–Crippen MR) is 491 cm³/mol. The van der Waals surface area contributed by atoms with E-state index in [1.807, 2.05) is 0 Å². The van der Waals surface area contributed by atoms with Crippen molar-refractivity contribution in [2.24, 2.45) is 10.8 Å². The number of anilines is 6. The summed E-state index contributed by atoms with van der Waals surface area (Å²) >= 11 is 0. The van der Waals surface area contributed by atoms with Crippen LogP contribution in [0.4, 0.5) is 34.1 Å². The van der Waals surface area contributed by atoms with E-state index in [1.54, 1.807) is 0 Å².